The Labute approximate surface area is 227 Å². The number of carbonyl (C=O) groups excluding carboxylic acids is 1. The van der Waals surface area contributed by atoms with Crippen LogP contribution < -0.4 is 20.3 Å². The molecular formula is C27H32FN7O3S. The first-order chi connectivity index (χ1) is 18.8. The number of sulfonamides is 1. The first kappa shape index (κ1) is 26.7. The average Bonchev–Trinajstić information content (AvgIpc) is 3.36. The molecule has 4 bridgehead atoms. The van der Waals surface area contributed by atoms with Crippen molar-refractivity contribution in [1.82, 2.24) is 14.5 Å². The minimum Gasteiger partial charge on any atom is -0.371 e. The molecule has 1 fully saturated rings. The number of piperidine rings is 1. The van der Waals surface area contributed by atoms with Gasteiger partial charge in [-0.25, -0.2) is 18.4 Å². The number of carbonyl (C=O) groups is 1. The van der Waals surface area contributed by atoms with Crippen LogP contribution >= 0.6 is 0 Å². The Balaban J connectivity index is 1.51. The summed E-state index contributed by atoms with van der Waals surface area (Å²) in [5.41, 5.74) is 2.12. The molecule has 0 aliphatic carbocycles. The fourth-order valence-corrected chi connectivity index (χ4v) is 5.49. The highest BCUT2D eigenvalue weighted by atomic mass is 32.2. The molecule has 206 valence electrons. The van der Waals surface area contributed by atoms with Crippen LogP contribution in [0, 0.1) is 11.9 Å². The maximum absolute atomic E-state index is 13.6. The van der Waals surface area contributed by atoms with Crippen LogP contribution in [-0.2, 0) is 10.0 Å². The first-order valence-electron chi connectivity index (χ1n) is 13.1. The van der Waals surface area contributed by atoms with Gasteiger partial charge in [0.25, 0.3) is 5.91 Å². The van der Waals surface area contributed by atoms with E-state index in [9.17, 15) is 17.6 Å². The molecular weight excluding hydrogens is 521 g/mol. The quantitative estimate of drug-likeness (QED) is 0.410. The van der Waals surface area contributed by atoms with E-state index in [1.165, 1.54) is 17.1 Å². The molecule has 12 heteroatoms. The van der Waals surface area contributed by atoms with Crippen molar-refractivity contribution in [2.75, 3.05) is 45.6 Å². The Hall–Kier alpha value is -3.93. The van der Waals surface area contributed by atoms with Crippen molar-refractivity contribution in [2.24, 2.45) is 5.92 Å². The Kier molecular flexibility index (Phi) is 7.82. The number of anilines is 4. The minimum absolute atomic E-state index is 0.0484. The van der Waals surface area contributed by atoms with Crippen molar-refractivity contribution in [3.05, 3.63) is 66.5 Å². The number of nitrogens with zero attached hydrogens (tertiary/aromatic N) is 4. The second kappa shape index (κ2) is 11.4. The third-order valence-corrected chi connectivity index (χ3v) is 8.34. The van der Waals surface area contributed by atoms with Gasteiger partial charge in [-0.15, -0.1) is 0 Å². The summed E-state index contributed by atoms with van der Waals surface area (Å²) in [5, 5.41) is 6.18. The van der Waals surface area contributed by atoms with Crippen molar-refractivity contribution in [2.45, 2.75) is 32.6 Å². The Bertz CT molecular complexity index is 1480. The number of fused-ring (bicyclic) bond motifs is 7. The molecule has 3 aromatic rings. The highest BCUT2D eigenvalue weighted by Gasteiger charge is 2.24. The van der Waals surface area contributed by atoms with E-state index in [1.54, 1.807) is 37.3 Å². The molecule has 1 aromatic carbocycles. The van der Waals surface area contributed by atoms with E-state index >= 15 is 0 Å². The van der Waals surface area contributed by atoms with Gasteiger partial charge in [-0.2, -0.15) is 4.39 Å². The Morgan fingerprint density at radius 1 is 1.13 bits per heavy atom. The van der Waals surface area contributed by atoms with Crippen LogP contribution in [0.3, 0.4) is 0 Å². The molecule has 39 heavy (non-hydrogen) atoms. The van der Waals surface area contributed by atoms with E-state index in [0.717, 1.165) is 38.8 Å². The van der Waals surface area contributed by atoms with Crippen LogP contribution in [0.1, 0.15) is 43.0 Å². The van der Waals surface area contributed by atoms with Crippen LogP contribution in [-0.4, -0.2) is 54.2 Å². The monoisotopic (exact) mass is 553 g/mol. The molecule has 1 amide bonds. The van der Waals surface area contributed by atoms with Gasteiger partial charge in [0.15, 0.2) is 5.82 Å². The van der Waals surface area contributed by atoms with Crippen LogP contribution in [0.25, 0.3) is 5.69 Å². The lowest BCUT2D eigenvalue weighted by molar-refractivity contribution is 0.102. The highest BCUT2D eigenvalue weighted by molar-refractivity contribution is 7.92. The van der Waals surface area contributed by atoms with Gasteiger partial charge >= 0.3 is 0 Å². The second-order valence-electron chi connectivity index (χ2n) is 9.71. The minimum atomic E-state index is -3.47. The van der Waals surface area contributed by atoms with Crippen LogP contribution in [0.5, 0.6) is 0 Å². The number of rotatable bonds is 4. The van der Waals surface area contributed by atoms with E-state index < -0.39 is 16.0 Å². The second-order valence-corrected chi connectivity index (χ2v) is 11.7. The topological polar surface area (TPSA) is 121 Å². The molecule has 3 N–H and O–H groups in total. The van der Waals surface area contributed by atoms with Gasteiger partial charge in [-0.3, -0.25) is 14.1 Å². The molecule has 2 aromatic heterocycles. The number of halogens is 1. The zero-order valence-electron chi connectivity index (χ0n) is 21.7. The summed E-state index contributed by atoms with van der Waals surface area (Å²) >= 11 is 0. The zero-order chi connectivity index (χ0) is 27.4. The predicted octanol–water partition coefficient (Wildman–Crippen LogP) is 4.40. The molecule has 5 heterocycles. The number of imidazole rings is 1. The normalized spacial score (nSPS) is 17.6. The van der Waals surface area contributed by atoms with Crippen molar-refractivity contribution in [3.63, 3.8) is 0 Å². The first-order valence-corrected chi connectivity index (χ1v) is 14.8. The number of benzene rings is 1. The van der Waals surface area contributed by atoms with E-state index in [1.807, 2.05) is 0 Å². The zero-order valence-corrected chi connectivity index (χ0v) is 22.5. The standard InChI is InChI=1S/C27H32FN7O3S/c1-2-39(37,38)33-20-7-8-21-23(16-20)34-14-11-19(12-15-34)6-4-3-5-13-29-26-22(35-17-24(28)30-18-35)9-10-25(31-26)32-27(21)36/h3-4,7-10,16-19,33H,2,5-6,11-15H2,1H3,(H2,29,31,32,36)/b4-3+. The van der Waals surface area contributed by atoms with Gasteiger partial charge < -0.3 is 15.5 Å². The molecule has 0 radical (unpaired) electrons. The van der Waals surface area contributed by atoms with Crippen LogP contribution in [0.2, 0.25) is 0 Å². The third-order valence-electron chi connectivity index (χ3n) is 7.04. The molecule has 10 nitrogen and oxygen atoms in total. The number of allylic oxidation sites excluding steroid dienone is 1. The van der Waals surface area contributed by atoms with Crippen molar-refractivity contribution in [3.8, 4) is 5.69 Å². The largest absolute Gasteiger partial charge is 0.371 e. The average molecular weight is 554 g/mol. The van der Waals surface area contributed by atoms with E-state index in [0.29, 0.717) is 46.7 Å². The van der Waals surface area contributed by atoms with Gasteiger partial charge in [-0.05, 0) is 68.9 Å². The SMILES string of the molecule is CCS(=O)(=O)Nc1ccc2c(c1)N1CCC(C/C=C/CCNc3nc(ccc3-n3cnc(F)c3)NC2=O)CC1. The number of pyridine rings is 1. The molecule has 0 spiro atoms. The summed E-state index contributed by atoms with van der Waals surface area (Å²) in [6.07, 6.45) is 10.7. The maximum Gasteiger partial charge on any atom is 0.258 e. The van der Waals surface area contributed by atoms with Gasteiger partial charge in [0, 0.05) is 19.6 Å². The number of hydrogen-bond acceptors (Lipinski definition) is 7. The number of aromatic nitrogens is 3. The number of amides is 1. The lowest BCUT2D eigenvalue weighted by Crippen LogP contribution is -2.35. The van der Waals surface area contributed by atoms with E-state index in [-0.39, 0.29) is 11.7 Å². The van der Waals surface area contributed by atoms with Crippen molar-refractivity contribution < 1.29 is 17.6 Å². The summed E-state index contributed by atoms with van der Waals surface area (Å²) in [7, 11) is -3.47. The molecule has 0 unspecified atom stereocenters. The molecule has 6 rings (SSSR count). The Morgan fingerprint density at radius 2 is 1.95 bits per heavy atom. The number of hydrogen-bond donors (Lipinski definition) is 3. The summed E-state index contributed by atoms with van der Waals surface area (Å²) in [6.45, 7) is 3.72. The summed E-state index contributed by atoms with van der Waals surface area (Å²) in [5.74, 6) is 0.340. The van der Waals surface area contributed by atoms with Crippen molar-refractivity contribution >= 4 is 38.9 Å². The fourth-order valence-electron chi connectivity index (χ4n) is 4.86. The number of nitrogens with one attached hydrogen (secondary N) is 3. The maximum atomic E-state index is 13.6. The van der Waals surface area contributed by atoms with Crippen molar-refractivity contribution in [1.29, 1.82) is 0 Å². The van der Waals surface area contributed by atoms with Gasteiger partial charge in [0.1, 0.15) is 12.1 Å². The van der Waals surface area contributed by atoms with E-state index in [4.69, 9.17) is 0 Å². The predicted molar refractivity (Wildman–Crippen MR) is 151 cm³/mol. The molecule has 0 saturated carbocycles. The fraction of sp³-hybridized carbons (Fsp3) is 0.370. The molecule has 3 aliphatic heterocycles. The lowest BCUT2D eigenvalue weighted by Gasteiger charge is -2.34. The molecule has 1 saturated heterocycles. The van der Waals surface area contributed by atoms with Crippen LogP contribution in [0.15, 0.2) is 55.0 Å². The van der Waals surface area contributed by atoms with Crippen LogP contribution in [0.4, 0.5) is 27.4 Å². The molecule has 0 atom stereocenters. The Morgan fingerprint density at radius 3 is 2.69 bits per heavy atom. The van der Waals surface area contributed by atoms with Gasteiger partial charge in [0.2, 0.25) is 16.0 Å². The molecule has 3 aliphatic rings. The third kappa shape index (κ3) is 6.39. The summed E-state index contributed by atoms with van der Waals surface area (Å²) < 4.78 is 42.2. The van der Waals surface area contributed by atoms with E-state index in [2.05, 4.69) is 42.4 Å². The smallest absolute Gasteiger partial charge is 0.258 e. The van der Waals surface area contributed by atoms with Gasteiger partial charge in [-0.1, -0.05) is 12.2 Å². The highest BCUT2D eigenvalue weighted by Crippen LogP contribution is 2.32. The summed E-state index contributed by atoms with van der Waals surface area (Å²) in [6, 6.07) is 8.36. The summed E-state index contributed by atoms with van der Waals surface area (Å²) in [4.78, 5) is 24.0. The van der Waals surface area contributed by atoms with Gasteiger partial charge in [0.05, 0.1) is 34.6 Å². The lowest BCUT2D eigenvalue weighted by atomic mass is 9.92.